The number of benzene rings is 2. The maximum absolute atomic E-state index is 11.5. The van der Waals surface area contributed by atoms with Crippen molar-refractivity contribution < 1.29 is 15.0 Å². The predicted octanol–water partition coefficient (Wildman–Crippen LogP) is 3.81. The van der Waals surface area contributed by atoms with E-state index in [1.54, 1.807) is 18.2 Å². The predicted molar refractivity (Wildman–Crippen MR) is 97.5 cm³/mol. The number of amides is 1. The van der Waals surface area contributed by atoms with Crippen LogP contribution in [0.1, 0.15) is 30.0 Å². The van der Waals surface area contributed by atoms with Gasteiger partial charge in [0.2, 0.25) is 5.91 Å². The standard InChI is InChI=1S/C20H21NO3/c1-2-11-21-20(24)10-9-16-5-3-15(4-6-16)7-8-17-12-18(22)14-19(23)13-17/h3-10,12-14,22-23H,2,11H2,1H3,(H,21,24)/b8-7+,10-9+. The Bertz CT molecular complexity index is 726. The van der Waals surface area contributed by atoms with Gasteiger partial charge in [-0.1, -0.05) is 43.3 Å². The maximum atomic E-state index is 11.5. The number of phenols is 2. The molecule has 0 aliphatic carbocycles. The molecule has 0 saturated carbocycles. The monoisotopic (exact) mass is 323 g/mol. The van der Waals surface area contributed by atoms with Gasteiger partial charge in [0.1, 0.15) is 11.5 Å². The minimum absolute atomic E-state index is 0.0245. The number of hydrogen-bond acceptors (Lipinski definition) is 3. The van der Waals surface area contributed by atoms with Crippen LogP contribution in [-0.2, 0) is 4.79 Å². The second-order valence-electron chi connectivity index (χ2n) is 5.41. The number of hydrogen-bond donors (Lipinski definition) is 3. The van der Waals surface area contributed by atoms with E-state index in [1.807, 2.05) is 43.3 Å². The molecule has 2 aromatic carbocycles. The lowest BCUT2D eigenvalue weighted by atomic mass is 10.1. The zero-order valence-corrected chi connectivity index (χ0v) is 13.6. The fourth-order valence-electron chi connectivity index (χ4n) is 2.10. The third kappa shape index (κ3) is 5.65. The van der Waals surface area contributed by atoms with E-state index in [9.17, 15) is 15.0 Å². The number of phenolic OH excluding ortho intramolecular Hbond substituents is 2. The number of nitrogens with one attached hydrogen (secondary N) is 1. The Kier molecular flexibility index (Phi) is 6.20. The molecule has 4 heteroatoms. The highest BCUT2D eigenvalue weighted by atomic mass is 16.3. The van der Waals surface area contributed by atoms with Gasteiger partial charge in [-0.3, -0.25) is 4.79 Å². The van der Waals surface area contributed by atoms with Gasteiger partial charge in [-0.2, -0.15) is 0 Å². The Morgan fingerprint density at radius 2 is 1.46 bits per heavy atom. The van der Waals surface area contributed by atoms with Crippen LogP contribution in [0.15, 0.2) is 48.5 Å². The lowest BCUT2D eigenvalue weighted by Gasteiger charge is -2.00. The summed E-state index contributed by atoms with van der Waals surface area (Å²) in [6.45, 7) is 2.69. The Hall–Kier alpha value is -3.01. The summed E-state index contributed by atoms with van der Waals surface area (Å²) in [5, 5.41) is 21.7. The van der Waals surface area contributed by atoms with Crippen LogP contribution in [0.25, 0.3) is 18.2 Å². The van der Waals surface area contributed by atoms with Gasteiger partial charge in [-0.15, -0.1) is 0 Å². The van der Waals surface area contributed by atoms with Gasteiger partial charge in [-0.25, -0.2) is 0 Å². The molecule has 0 saturated heterocycles. The number of carbonyl (C=O) groups is 1. The van der Waals surface area contributed by atoms with Crippen molar-refractivity contribution >= 4 is 24.1 Å². The molecule has 1 amide bonds. The number of rotatable bonds is 6. The van der Waals surface area contributed by atoms with Crippen LogP contribution in [0.5, 0.6) is 11.5 Å². The highest BCUT2D eigenvalue weighted by molar-refractivity contribution is 5.91. The Labute approximate surface area is 141 Å². The second kappa shape index (κ2) is 8.58. The van der Waals surface area contributed by atoms with Crippen LogP contribution in [0.3, 0.4) is 0 Å². The van der Waals surface area contributed by atoms with E-state index < -0.39 is 0 Å². The van der Waals surface area contributed by atoms with Crippen LogP contribution < -0.4 is 5.32 Å². The third-order valence-electron chi connectivity index (χ3n) is 3.31. The zero-order chi connectivity index (χ0) is 17.4. The van der Waals surface area contributed by atoms with Crippen LogP contribution >= 0.6 is 0 Å². The first-order valence-electron chi connectivity index (χ1n) is 7.84. The molecule has 4 nitrogen and oxygen atoms in total. The molecule has 2 aromatic rings. The largest absolute Gasteiger partial charge is 0.508 e. The van der Waals surface area contributed by atoms with Gasteiger partial charge >= 0.3 is 0 Å². The van der Waals surface area contributed by atoms with E-state index in [2.05, 4.69) is 5.32 Å². The molecule has 0 aromatic heterocycles. The molecular formula is C20H21NO3. The van der Waals surface area contributed by atoms with Crippen molar-refractivity contribution in [2.75, 3.05) is 6.54 Å². The third-order valence-corrected chi connectivity index (χ3v) is 3.31. The van der Waals surface area contributed by atoms with Gasteiger partial charge in [0.15, 0.2) is 0 Å². The molecule has 2 rings (SSSR count). The first kappa shape index (κ1) is 17.3. The zero-order valence-electron chi connectivity index (χ0n) is 13.6. The first-order valence-corrected chi connectivity index (χ1v) is 7.84. The Morgan fingerprint density at radius 3 is 2.04 bits per heavy atom. The lowest BCUT2D eigenvalue weighted by molar-refractivity contribution is -0.116. The first-order chi connectivity index (χ1) is 11.6. The topological polar surface area (TPSA) is 69.6 Å². The van der Waals surface area contributed by atoms with Crippen molar-refractivity contribution in [3.05, 3.63) is 65.2 Å². The number of aromatic hydroxyl groups is 2. The van der Waals surface area contributed by atoms with Crippen molar-refractivity contribution in [2.45, 2.75) is 13.3 Å². The highest BCUT2D eigenvalue weighted by Crippen LogP contribution is 2.22. The molecule has 0 heterocycles. The van der Waals surface area contributed by atoms with E-state index >= 15 is 0 Å². The van der Waals surface area contributed by atoms with E-state index in [4.69, 9.17) is 0 Å². The summed E-state index contributed by atoms with van der Waals surface area (Å²) in [5.74, 6) is -0.0440. The molecule has 0 radical (unpaired) electrons. The van der Waals surface area contributed by atoms with Gasteiger partial charge < -0.3 is 15.5 Å². The average Bonchev–Trinajstić information content (AvgIpc) is 2.56. The second-order valence-corrected chi connectivity index (χ2v) is 5.41. The van der Waals surface area contributed by atoms with Crippen LogP contribution in [-0.4, -0.2) is 22.7 Å². The van der Waals surface area contributed by atoms with Crippen molar-refractivity contribution in [2.24, 2.45) is 0 Å². The molecule has 0 unspecified atom stereocenters. The lowest BCUT2D eigenvalue weighted by Crippen LogP contribution is -2.21. The van der Waals surface area contributed by atoms with Crippen molar-refractivity contribution in [1.82, 2.24) is 5.32 Å². The summed E-state index contributed by atoms with van der Waals surface area (Å²) in [6.07, 6.45) is 7.90. The molecule has 24 heavy (non-hydrogen) atoms. The molecule has 3 N–H and O–H groups in total. The summed E-state index contributed by atoms with van der Waals surface area (Å²) in [7, 11) is 0. The summed E-state index contributed by atoms with van der Waals surface area (Å²) >= 11 is 0. The Morgan fingerprint density at radius 1 is 0.917 bits per heavy atom. The van der Waals surface area contributed by atoms with Crippen LogP contribution in [0.4, 0.5) is 0 Å². The highest BCUT2D eigenvalue weighted by Gasteiger charge is 1.96. The maximum Gasteiger partial charge on any atom is 0.243 e. The van der Waals surface area contributed by atoms with E-state index in [0.29, 0.717) is 12.1 Å². The van der Waals surface area contributed by atoms with Crippen molar-refractivity contribution in [3.63, 3.8) is 0 Å². The van der Waals surface area contributed by atoms with E-state index in [1.165, 1.54) is 12.1 Å². The summed E-state index contributed by atoms with van der Waals surface area (Å²) < 4.78 is 0. The van der Waals surface area contributed by atoms with Crippen LogP contribution in [0.2, 0.25) is 0 Å². The Balaban J connectivity index is 2.00. The van der Waals surface area contributed by atoms with Gasteiger partial charge in [-0.05, 0) is 41.3 Å². The molecule has 0 spiro atoms. The van der Waals surface area contributed by atoms with Crippen molar-refractivity contribution in [1.29, 1.82) is 0 Å². The van der Waals surface area contributed by atoms with E-state index in [0.717, 1.165) is 17.5 Å². The quantitative estimate of drug-likeness (QED) is 0.559. The average molecular weight is 323 g/mol. The SMILES string of the molecule is CCCNC(=O)/C=C/c1ccc(/C=C/c2cc(O)cc(O)c2)cc1. The fourth-order valence-corrected chi connectivity index (χ4v) is 2.10. The smallest absolute Gasteiger partial charge is 0.243 e. The van der Waals surface area contributed by atoms with Gasteiger partial charge in [0, 0.05) is 18.7 Å². The molecule has 0 bridgehead atoms. The number of carbonyl (C=O) groups excluding carboxylic acids is 1. The molecule has 0 aliphatic rings. The molecule has 0 fully saturated rings. The molecule has 124 valence electrons. The summed E-state index contributed by atoms with van der Waals surface area (Å²) in [6, 6.07) is 12.1. The van der Waals surface area contributed by atoms with Gasteiger partial charge in [0.05, 0.1) is 0 Å². The summed E-state index contributed by atoms with van der Waals surface area (Å²) in [5.41, 5.74) is 2.63. The minimum atomic E-state index is -0.0930. The fraction of sp³-hybridized carbons (Fsp3) is 0.150. The molecule has 0 aliphatic heterocycles. The van der Waals surface area contributed by atoms with Crippen LogP contribution in [0, 0.1) is 0 Å². The van der Waals surface area contributed by atoms with E-state index in [-0.39, 0.29) is 17.4 Å². The van der Waals surface area contributed by atoms with Crippen molar-refractivity contribution in [3.8, 4) is 11.5 Å². The molecular weight excluding hydrogens is 302 g/mol. The normalized spacial score (nSPS) is 11.2. The van der Waals surface area contributed by atoms with Gasteiger partial charge in [0.25, 0.3) is 0 Å². The minimum Gasteiger partial charge on any atom is -0.508 e. The molecule has 0 atom stereocenters. The summed E-state index contributed by atoms with van der Waals surface area (Å²) in [4.78, 5) is 11.5.